The molecule has 114 valence electrons. The summed E-state index contributed by atoms with van der Waals surface area (Å²) in [7, 11) is 0. The lowest BCUT2D eigenvalue weighted by molar-refractivity contribution is 0.0798. The highest BCUT2D eigenvalue weighted by Crippen LogP contribution is 2.33. The van der Waals surface area contributed by atoms with Gasteiger partial charge in [-0.05, 0) is 20.3 Å². The maximum Gasteiger partial charge on any atom is 0.138 e. The van der Waals surface area contributed by atoms with Gasteiger partial charge < -0.3 is 19.6 Å². The molecular weight excluding hydrogens is 266 g/mol. The predicted octanol–water partition coefficient (Wildman–Crippen LogP) is 2.05. The molecule has 1 fully saturated rings. The van der Waals surface area contributed by atoms with E-state index in [1.54, 1.807) is 6.20 Å². The molecule has 0 aromatic carbocycles. The van der Waals surface area contributed by atoms with Crippen molar-refractivity contribution in [1.29, 1.82) is 0 Å². The Morgan fingerprint density at radius 3 is 3.14 bits per heavy atom. The molecule has 2 aromatic heterocycles. The summed E-state index contributed by atoms with van der Waals surface area (Å²) in [6, 6.07) is 0.215. The summed E-state index contributed by atoms with van der Waals surface area (Å²) in [5.41, 5.74) is 0. The molecule has 0 saturated carbocycles. The first-order valence-corrected chi connectivity index (χ1v) is 7.65. The zero-order valence-electron chi connectivity index (χ0n) is 12.6. The molecule has 0 radical (unpaired) electrons. The Hall–Kier alpha value is -1.66. The zero-order chi connectivity index (χ0) is 14.7. The van der Waals surface area contributed by atoms with Crippen molar-refractivity contribution in [1.82, 2.24) is 24.8 Å². The number of hydrogen-bond acceptors (Lipinski definition) is 4. The quantitative estimate of drug-likeness (QED) is 0.854. The van der Waals surface area contributed by atoms with Crippen LogP contribution in [0.1, 0.15) is 44.1 Å². The van der Waals surface area contributed by atoms with Gasteiger partial charge in [-0.15, -0.1) is 0 Å². The van der Waals surface area contributed by atoms with Crippen LogP contribution in [0, 0.1) is 5.92 Å². The second kappa shape index (κ2) is 6.41. The second-order valence-corrected chi connectivity index (χ2v) is 5.52. The Morgan fingerprint density at radius 1 is 1.48 bits per heavy atom. The molecule has 0 aliphatic carbocycles. The summed E-state index contributed by atoms with van der Waals surface area (Å²) in [4.78, 5) is 11.9. The fraction of sp³-hybridized carbons (Fsp3) is 0.600. The van der Waals surface area contributed by atoms with Gasteiger partial charge in [0.2, 0.25) is 0 Å². The summed E-state index contributed by atoms with van der Waals surface area (Å²) >= 11 is 0. The average molecular weight is 289 g/mol. The van der Waals surface area contributed by atoms with Crippen molar-refractivity contribution in [3.05, 3.63) is 36.4 Å². The van der Waals surface area contributed by atoms with Crippen LogP contribution in [0.15, 0.2) is 24.8 Å². The van der Waals surface area contributed by atoms with Gasteiger partial charge in [-0.2, -0.15) is 0 Å². The number of rotatable bonds is 6. The molecule has 3 rings (SSSR count). The van der Waals surface area contributed by atoms with E-state index in [9.17, 15) is 0 Å². The Balaban J connectivity index is 1.62. The van der Waals surface area contributed by atoms with Crippen molar-refractivity contribution >= 4 is 0 Å². The zero-order valence-corrected chi connectivity index (χ0v) is 12.6. The van der Waals surface area contributed by atoms with Crippen LogP contribution >= 0.6 is 0 Å². The van der Waals surface area contributed by atoms with Gasteiger partial charge in [0.25, 0.3) is 0 Å². The summed E-state index contributed by atoms with van der Waals surface area (Å²) in [5, 5.41) is 3.55. The molecule has 1 aliphatic rings. The Labute approximate surface area is 124 Å². The third-order valence-electron chi connectivity index (χ3n) is 4.17. The molecule has 2 N–H and O–H groups in total. The van der Waals surface area contributed by atoms with Gasteiger partial charge >= 0.3 is 0 Å². The van der Waals surface area contributed by atoms with E-state index >= 15 is 0 Å². The number of hydrogen-bond donors (Lipinski definition) is 2. The topological polar surface area (TPSA) is 67.8 Å². The Bertz CT molecular complexity index is 550. The molecule has 0 bridgehead atoms. The van der Waals surface area contributed by atoms with Crippen LogP contribution in [0.5, 0.6) is 0 Å². The predicted molar refractivity (Wildman–Crippen MR) is 79.7 cm³/mol. The standard InChI is InChI=1S/C15H23N5O/c1-3-20-8-7-18-15(20)13-12(4-9-21-13)10-19-11(2)14-16-5-6-17-14/h5-8,11-13,19H,3-4,9-10H2,1-2H3,(H,16,17)/t11?,12-,13+/m0/s1. The molecule has 6 heteroatoms. The molecule has 0 spiro atoms. The number of aromatic nitrogens is 4. The van der Waals surface area contributed by atoms with Gasteiger partial charge in [0.15, 0.2) is 0 Å². The smallest absolute Gasteiger partial charge is 0.138 e. The number of aryl methyl sites for hydroxylation is 1. The van der Waals surface area contributed by atoms with Crippen LogP contribution in [-0.4, -0.2) is 32.7 Å². The van der Waals surface area contributed by atoms with Crippen LogP contribution in [0.2, 0.25) is 0 Å². The molecule has 0 amide bonds. The highest BCUT2D eigenvalue weighted by Gasteiger charge is 2.32. The van der Waals surface area contributed by atoms with E-state index in [1.807, 2.05) is 18.6 Å². The minimum absolute atomic E-state index is 0.0938. The van der Waals surface area contributed by atoms with Gasteiger partial charge in [-0.25, -0.2) is 9.97 Å². The maximum atomic E-state index is 5.93. The van der Waals surface area contributed by atoms with Gasteiger partial charge in [-0.3, -0.25) is 0 Å². The largest absolute Gasteiger partial charge is 0.370 e. The van der Waals surface area contributed by atoms with E-state index in [-0.39, 0.29) is 12.1 Å². The van der Waals surface area contributed by atoms with Crippen LogP contribution < -0.4 is 5.32 Å². The summed E-state index contributed by atoms with van der Waals surface area (Å²) < 4.78 is 8.09. The van der Waals surface area contributed by atoms with E-state index in [4.69, 9.17) is 4.74 Å². The third-order valence-corrected chi connectivity index (χ3v) is 4.17. The Morgan fingerprint density at radius 2 is 2.38 bits per heavy atom. The van der Waals surface area contributed by atoms with E-state index in [0.29, 0.717) is 5.92 Å². The minimum atomic E-state index is 0.0938. The lowest BCUT2D eigenvalue weighted by atomic mass is 10.0. The molecule has 1 unspecified atom stereocenters. The van der Waals surface area contributed by atoms with E-state index in [2.05, 4.69) is 38.7 Å². The van der Waals surface area contributed by atoms with Crippen LogP contribution in [0.3, 0.4) is 0 Å². The lowest BCUT2D eigenvalue weighted by Gasteiger charge is -2.21. The molecule has 1 saturated heterocycles. The van der Waals surface area contributed by atoms with Crippen molar-refractivity contribution in [2.24, 2.45) is 5.92 Å². The van der Waals surface area contributed by atoms with E-state index in [1.165, 1.54) is 0 Å². The van der Waals surface area contributed by atoms with Gasteiger partial charge in [0.1, 0.15) is 17.8 Å². The molecule has 3 heterocycles. The van der Waals surface area contributed by atoms with Crippen LogP contribution in [0.4, 0.5) is 0 Å². The highest BCUT2D eigenvalue weighted by molar-refractivity contribution is 5.02. The van der Waals surface area contributed by atoms with Crippen LogP contribution in [-0.2, 0) is 11.3 Å². The normalized spacial score (nSPS) is 23.5. The van der Waals surface area contributed by atoms with Crippen molar-refractivity contribution < 1.29 is 4.74 Å². The van der Waals surface area contributed by atoms with Crippen molar-refractivity contribution in [3.63, 3.8) is 0 Å². The Kier molecular flexibility index (Phi) is 4.36. The molecule has 21 heavy (non-hydrogen) atoms. The molecular formula is C15H23N5O. The van der Waals surface area contributed by atoms with Gasteiger partial charge in [0.05, 0.1) is 6.04 Å². The first-order valence-electron chi connectivity index (χ1n) is 7.65. The summed E-state index contributed by atoms with van der Waals surface area (Å²) in [6.07, 6.45) is 8.68. The fourth-order valence-electron chi connectivity index (χ4n) is 2.91. The highest BCUT2D eigenvalue weighted by atomic mass is 16.5. The first-order chi connectivity index (χ1) is 10.3. The van der Waals surface area contributed by atoms with Gasteiger partial charge in [0, 0.05) is 50.4 Å². The summed E-state index contributed by atoms with van der Waals surface area (Å²) in [6.45, 7) is 6.90. The van der Waals surface area contributed by atoms with E-state index in [0.717, 1.165) is 37.8 Å². The number of aromatic amines is 1. The van der Waals surface area contributed by atoms with Crippen molar-refractivity contribution in [2.75, 3.05) is 13.2 Å². The van der Waals surface area contributed by atoms with Crippen molar-refractivity contribution in [2.45, 2.75) is 39.0 Å². The number of imidazole rings is 2. The first kappa shape index (κ1) is 14.3. The molecule has 2 aromatic rings. The second-order valence-electron chi connectivity index (χ2n) is 5.52. The van der Waals surface area contributed by atoms with E-state index < -0.39 is 0 Å². The third kappa shape index (κ3) is 3.01. The van der Waals surface area contributed by atoms with Crippen LogP contribution in [0.25, 0.3) is 0 Å². The molecule has 3 atom stereocenters. The van der Waals surface area contributed by atoms with Gasteiger partial charge in [-0.1, -0.05) is 0 Å². The number of H-pyrrole nitrogens is 1. The SMILES string of the molecule is CCn1ccnc1[C@@H]1OCC[C@H]1CNC(C)c1ncc[nH]1. The fourth-order valence-corrected chi connectivity index (χ4v) is 2.91. The maximum absolute atomic E-state index is 5.93. The number of nitrogens with zero attached hydrogens (tertiary/aromatic N) is 3. The number of ether oxygens (including phenoxy) is 1. The molecule has 1 aliphatic heterocycles. The average Bonchev–Trinajstić information content (AvgIpc) is 3.23. The minimum Gasteiger partial charge on any atom is -0.370 e. The molecule has 6 nitrogen and oxygen atoms in total. The summed E-state index contributed by atoms with van der Waals surface area (Å²) in [5.74, 6) is 2.48. The number of nitrogens with one attached hydrogen (secondary N) is 2. The van der Waals surface area contributed by atoms with Crippen molar-refractivity contribution in [3.8, 4) is 0 Å². The monoisotopic (exact) mass is 289 g/mol. The lowest BCUT2D eigenvalue weighted by Crippen LogP contribution is -2.28.